The number of aromatic nitrogens is 1. The van der Waals surface area contributed by atoms with E-state index in [4.69, 9.17) is 5.26 Å². The van der Waals surface area contributed by atoms with Crippen molar-refractivity contribution in [1.82, 2.24) is 9.88 Å². The highest BCUT2D eigenvalue weighted by Crippen LogP contribution is 2.10. The van der Waals surface area contributed by atoms with Crippen LogP contribution >= 0.6 is 0 Å². The molecule has 0 unspecified atom stereocenters. The number of pyridine rings is 1. The van der Waals surface area contributed by atoms with E-state index in [9.17, 15) is 4.79 Å². The molecular weight excluding hydrogens is 288 g/mol. The van der Waals surface area contributed by atoms with E-state index in [0.29, 0.717) is 12.1 Å². The molecule has 23 heavy (non-hydrogen) atoms. The summed E-state index contributed by atoms with van der Waals surface area (Å²) < 4.78 is 0. The summed E-state index contributed by atoms with van der Waals surface area (Å²) in [6, 6.07) is 14.9. The van der Waals surface area contributed by atoms with Crippen LogP contribution < -0.4 is 5.32 Å². The smallest absolute Gasteiger partial charge is 0.242 e. The summed E-state index contributed by atoms with van der Waals surface area (Å²) >= 11 is 0. The number of hydrogen-bond acceptors (Lipinski definition) is 4. The molecule has 1 heterocycles. The number of nitrogens with one attached hydrogen (secondary N) is 1. The summed E-state index contributed by atoms with van der Waals surface area (Å²) in [6.45, 7) is 4.68. The quantitative estimate of drug-likeness (QED) is 0.891. The molecule has 0 saturated heterocycles. The SMILES string of the molecule is CC(C)N(Cc1ccccn1)C(=O)CNc1ccc(C#N)cc1. The third-order valence-electron chi connectivity index (χ3n) is 3.46. The van der Waals surface area contributed by atoms with Crippen LogP contribution in [0.3, 0.4) is 0 Å². The van der Waals surface area contributed by atoms with Gasteiger partial charge in [0.25, 0.3) is 0 Å². The van der Waals surface area contributed by atoms with E-state index in [1.807, 2.05) is 32.0 Å². The third kappa shape index (κ3) is 4.82. The second-order valence-electron chi connectivity index (χ2n) is 5.48. The Morgan fingerprint density at radius 1 is 1.26 bits per heavy atom. The van der Waals surface area contributed by atoms with Gasteiger partial charge in [0.05, 0.1) is 30.4 Å². The largest absolute Gasteiger partial charge is 0.376 e. The number of hydrogen-bond donors (Lipinski definition) is 1. The van der Waals surface area contributed by atoms with Crippen LogP contribution in [0.15, 0.2) is 48.7 Å². The summed E-state index contributed by atoms with van der Waals surface area (Å²) in [5.41, 5.74) is 2.28. The van der Waals surface area contributed by atoms with Crippen molar-refractivity contribution in [3.05, 3.63) is 59.9 Å². The molecule has 0 saturated carbocycles. The Balaban J connectivity index is 1.96. The van der Waals surface area contributed by atoms with Crippen LogP contribution in [-0.4, -0.2) is 28.4 Å². The lowest BCUT2D eigenvalue weighted by molar-refractivity contribution is -0.131. The zero-order chi connectivity index (χ0) is 16.7. The number of nitrogens with zero attached hydrogens (tertiary/aromatic N) is 3. The Morgan fingerprint density at radius 2 is 2.00 bits per heavy atom. The molecule has 1 amide bonds. The number of benzene rings is 1. The highest BCUT2D eigenvalue weighted by molar-refractivity contribution is 5.81. The Hall–Kier alpha value is -2.87. The molecule has 118 valence electrons. The van der Waals surface area contributed by atoms with Gasteiger partial charge in [0.1, 0.15) is 0 Å². The molecule has 1 aromatic carbocycles. The van der Waals surface area contributed by atoms with Crippen LogP contribution in [0, 0.1) is 11.3 Å². The first kappa shape index (κ1) is 16.5. The van der Waals surface area contributed by atoms with Gasteiger partial charge in [-0.05, 0) is 50.2 Å². The Kier molecular flexibility index (Phi) is 5.70. The van der Waals surface area contributed by atoms with Crippen LogP contribution in [0.5, 0.6) is 0 Å². The van der Waals surface area contributed by atoms with Crippen molar-refractivity contribution in [1.29, 1.82) is 5.26 Å². The molecule has 2 rings (SSSR count). The number of amides is 1. The minimum atomic E-state index is 0.00927. The van der Waals surface area contributed by atoms with Crippen LogP contribution in [0.1, 0.15) is 25.1 Å². The summed E-state index contributed by atoms with van der Waals surface area (Å²) in [5, 5.41) is 11.9. The summed E-state index contributed by atoms with van der Waals surface area (Å²) in [4.78, 5) is 18.5. The fourth-order valence-corrected chi connectivity index (χ4v) is 2.17. The van der Waals surface area contributed by atoms with E-state index in [-0.39, 0.29) is 18.5 Å². The van der Waals surface area contributed by atoms with E-state index in [1.54, 1.807) is 35.4 Å². The molecule has 5 heteroatoms. The molecule has 0 spiro atoms. The standard InChI is InChI=1S/C18H20N4O/c1-14(2)22(13-17-5-3-4-10-20-17)18(23)12-21-16-8-6-15(11-19)7-9-16/h3-10,14,21H,12-13H2,1-2H3. The van der Waals surface area contributed by atoms with Crippen molar-refractivity contribution in [3.8, 4) is 6.07 Å². The predicted octanol–water partition coefficient (Wildman–Crippen LogP) is 2.80. The molecule has 5 nitrogen and oxygen atoms in total. The first-order chi connectivity index (χ1) is 11.1. The molecule has 0 aliphatic heterocycles. The first-order valence-electron chi connectivity index (χ1n) is 7.53. The number of anilines is 1. The second kappa shape index (κ2) is 7.95. The zero-order valence-corrected chi connectivity index (χ0v) is 13.4. The predicted molar refractivity (Wildman–Crippen MR) is 89.6 cm³/mol. The third-order valence-corrected chi connectivity index (χ3v) is 3.46. The van der Waals surface area contributed by atoms with Crippen LogP contribution in [0.2, 0.25) is 0 Å². The molecule has 0 atom stereocenters. The van der Waals surface area contributed by atoms with Gasteiger partial charge in [-0.3, -0.25) is 9.78 Å². The average molecular weight is 308 g/mol. The Morgan fingerprint density at radius 3 is 2.57 bits per heavy atom. The lowest BCUT2D eigenvalue weighted by Gasteiger charge is -2.26. The monoisotopic (exact) mass is 308 g/mol. The molecule has 2 aromatic rings. The fraction of sp³-hybridized carbons (Fsp3) is 0.278. The topological polar surface area (TPSA) is 69.0 Å². The second-order valence-corrected chi connectivity index (χ2v) is 5.48. The van der Waals surface area contributed by atoms with E-state index in [2.05, 4.69) is 16.4 Å². The summed E-state index contributed by atoms with van der Waals surface area (Å²) in [5.74, 6) is 0.00927. The van der Waals surface area contributed by atoms with Gasteiger partial charge >= 0.3 is 0 Å². The summed E-state index contributed by atoms with van der Waals surface area (Å²) in [6.07, 6.45) is 1.73. The molecule has 0 aliphatic rings. The van der Waals surface area contributed by atoms with Crippen LogP contribution in [0.25, 0.3) is 0 Å². The molecule has 1 N–H and O–H groups in total. The molecule has 1 aromatic heterocycles. The maximum Gasteiger partial charge on any atom is 0.242 e. The normalized spacial score (nSPS) is 10.2. The number of carbonyl (C=O) groups is 1. The van der Waals surface area contributed by atoms with Crippen molar-refractivity contribution < 1.29 is 4.79 Å². The molecule has 0 aliphatic carbocycles. The van der Waals surface area contributed by atoms with Gasteiger partial charge in [-0.1, -0.05) is 6.07 Å². The molecule has 0 bridgehead atoms. The van der Waals surface area contributed by atoms with Gasteiger partial charge in [0, 0.05) is 17.9 Å². The lowest BCUT2D eigenvalue weighted by Crippen LogP contribution is -2.40. The van der Waals surface area contributed by atoms with E-state index in [0.717, 1.165) is 11.4 Å². The maximum absolute atomic E-state index is 12.5. The van der Waals surface area contributed by atoms with Crippen molar-refractivity contribution in [3.63, 3.8) is 0 Å². The minimum Gasteiger partial charge on any atom is -0.376 e. The Bertz CT molecular complexity index is 674. The van der Waals surface area contributed by atoms with Crippen molar-refractivity contribution in [2.75, 3.05) is 11.9 Å². The van der Waals surface area contributed by atoms with Gasteiger partial charge in [-0.15, -0.1) is 0 Å². The van der Waals surface area contributed by atoms with Crippen LogP contribution in [-0.2, 0) is 11.3 Å². The molecule has 0 radical (unpaired) electrons. The number of nitriles is 1. The van der Waals surface area contributed by atoms with Crippen molar-refractivity contribution >= 4 is 11.6 Å². The highest BCUT2D eigenvalue weighted by atomic mass is 16.2. The molecular formula is C18H20N4O. The maximum atomic E-state index is 12.5. The van der Waals surface area contributed by atoms with Crippen LogP contribution in [0.4, 0.5) is 5.69 Å². The van der Waals surface area contributed by atoms with Gasteiger partial charge in [0.15, 0.2) is 0 Å². The van der Waals surface area contributed by atoms with E-state index < -0.39 is 0 Å². The van der Waals surface area contributed by atoms with Gasteiger partial charge < -0.3 is 10.2 Å². The van der Waals surface area contributed by atoms with Crippen molar-refractivity contribution in [2.24, 2.45) is 0 Å². The fourth-order valence-electron chi connectivity index (χ4n) is 2.17. The number of carbonyl (C=O) groups excluding carboxylic acids is 1. The van der Waals surface area contributed by atoms with Gasteiger partial charge in [-0.25, -0.2) is 0 Å². The zero-order valence-electron chi connectivity index (χ0n) is 13.4. The summed E-state index contributed by atoms with van der Waals surface area (Å²) in [7, 11) is 0. The minimum absolute atomic E-state index is 0.00927. The first-order valence-corrected chi connectivity index (χ1v) is 7.53. The lowest BCUT2D eigenvalue weighted by atomic mass is 10.2. The Labute approximate surface area is 136 Å². The highest BCUT2D eigenvalue weighted by Gasteiger charge is 2.17. The number of rotatable bonds is 6. The van der Waals surface area contributed by atoms with Gasteiger partial charge in [0.2, 0.25) is 5.91 Å². The van der Waals surface area contributed by atoms with Gasteiger partial charge in [-0.2, -0.15) is 5.26 Å². The van der Waals surface area contributed by atoms with E-state index >= 15 is 0 Å². The average Bonchev–Trinajstić information content (AvgIpc) is 2.58. The van der Waals surface area contributed by atoms with Crippen molar-refractivity contribution in [2.45, 2.75) is 26.4 Å². The molecule has 0 fully saturated rings. The van der Waals surface area contributed by atoms with E-state index in [1.165, 1.54) is 0 Å².